The number of benzene rings is 1. The SMILES string of the molecule is Cc1ccc(SC2CCN(CCN)CC2)cc1C. The fourth-order valence-electron chi connectivity index (χ4n) is 2.41. The van der Waals surface area contributed by atoms with Crippen LogP contribution < -0.4 is 5.73 Å². The van der Waals surface area contributed by atoms with Crippen molar-refractivity contribution in [3.05, 3.63) is 29.3 Å². The minimum Gasteiger partial charge on any atom is -0.329 e. The number of likely N-dealkylation sites (tertiary alicyclic amines) is 1. The number of piperidine rings is 1. The third-order valence-corrected chi connectivity index (χ3v) is 5.09. The zero-order valence-corrected chi connectivity index (χ0v) is 12.3. The van der Waals surface area contributed by atoms with E-state index in [1.165, 1.54) is 42.0 Å². The van der Waals surface area contributed by atoms with Crippen molar-refractivity contribution in [1.82, 2.24) is 4.90 Å². The van der Waals surface area contributed by atoms with Gasteiger partial charge in [-0.1, -0.05) is 6.07 Å². The molecule has 3 heteroatoms. The van der Waals surface area contributed by atoms with Crippen LogP contribution in [0.3, 0.4) is 0 Å². The Bertz CT molecular complexity index is 384. The Kier molecular flexibility index (Phi) is 5.10. The van der Waals surface area contributed by atoms with Crippen molar-refractivity contribution in [2.24, 2.45) is 5.73 Å². The molecule has 1 heterocycles. The molecule has 1 aromatic carbocycles. The Morgan fingerprint density at radius 3 is 2.56 bits per heavy atom. The molecule has 1 aromatic rings. The Morgan fingerprint density at radius 2 is 1.94 bits per heavy atom. The molecule has 0 atom stereocenters. The summed E-state index contributed by atoms with van der Waals surface area (Å²) in [6.07, 6.45) is 2.58. The normalized spacial score (nSPS) is 18.2. The highest BCUT2D eigenvalue weighted by Crippen LogP contribution is 2.31. The van der Waals surface area contributed by atoms with Crippen LogP contribution in [0.15, 0.2) is 23.1 Å². The van der Waals surface area contributed by atoms with E-state index in [-0.39, 0.29) is 0 Å². The lowest BCUT2D eigenvalue weighted by Crippen LogP contribution is -2.37. The van der Waals surface area contributed by atoms with Gasteiger partial charge in [0.15, 0.2) is 0 Å². The number of thioether (sulfide) groups is 1. The summed E-state index contributed by atoms with van der Waals surface area (Å²) in [5, 5.41) is 0.779. The topological polar surface area (TPSA) is 29.3 Å². The second-order valence-electron chi connectivity index (χ2n) is 5.19. The van der Waals surface area contributed by atoms with E-state index in [0.29, 0.717) is 0 Å². The van der Waals surface area contributed by atoms with Gasteiger partial charge >= 0.3 is 0 Å². The van der Waals surface area contributed by atoms with Crippen molar-refractivity contribution in [3.8, 4) is 0 Å². The summed E-state index contributed by atoms with van der Waals surface area (Å²) in [5.74, 6) is 0. The average Bonchev–Trinajstić information content (AvgIpc) is 2.37. The van der Waals surface area contributed by atoms with Gasteiger partial charge in [-0.3, -0.25) is 0 Å². The molecule has 100 valence electrons. The average molecular weight is 264 g/mol. The molecule has 0 spiro atoms. The number of hydrogen-bond acceptors (Lipinski definition) is 3. The fourth-order valence-corrected chi connectivity index (χ4v) is 3.64. The quantitative estimate of drug-likeness (QED) is 0.907. The molecule has 0 aliphatic carbocycles. The second kappa shape index (κ2) is 6.60. The first-order valence-corrected chi connectivity index (χ1v) is 7.73. The standard InChI is InChI=1S/C15H24N2S/c1-12-3-4-15(11-13(12)2)18-14-5-8-17(9-6-14)10-7-16/h3-4,11,14H,5-10,16H2,1-2H3. The van der Waals surface area contributed by atoms with Crippen LogP contribution in [0, 0.1) is 13.8 Å². The Labute approximate surface area is 115 Å². The Hall–Kier alpha value is -0.510. The first kappa shape index (κ1) is 13.9. The van der Waals surface area contributed by atoms with Crippen LogP contribution >= 0.6 is 11.8 Å². The molecular weight excluding hydrogens is 240 g/mol. The smallest absolute Gasteiger partial charge is 0.0119 e. The van der Waals surface area contributed by atoms with Gasteiger partial charge in [0, 0.05) is 23.2 Å². The maximum Gasteiger partial charge on any atom is 0.0119 e. The van der Waals surface area contributed by atoms with Gasteiger partial charge in [-0.15, -0.1) is 11.8 Å². The molecule has 0 bridgehead atoms. The third kappa shape index (κ3) is 3.74. The molecule has 1 fully saturated rings. The molecule has 0 unspecified atom stereocenters. The number of aryl methyl sites for hydroxylation is 2. The highest BCUT2D eigenvalue weighted by atomic mass is 32.2. The first-order valence-electron chi connectivity index (χ1n) is 6.85. The van der Waals surface area contributed by atoms with Crippen molar-refractivity contribution >= 4 is 11.8 Å². The van der Waals surface area contributed by atoms with E-state index >= 15 is 0 Å². The van der Waals surface area contributed by atoms with Gasteiger partial charge < -0.3 is 10.6 Å². The van der Waals surface area contributed by atoms with Crippen molar-refractivity contribution in [2.75, 3.05) is 26.2 Å². The lowest BCUT2D eigenvalue weighted by molar-refractivity contribution is 0.239. The van der Waals surface area contributed by atoms with E-state index in [2.05, 4.69) is 36.9 Å². The molecule has 2 rings (SSSR count). The maximum atomic E-state index is 5.60. The van der Waals surface area contributed by atoms with Gasteiger partial charge in [0.2, 0.25) is 0 Å². The van der Waals surface area contributed by atoms with E-state index in [1.807, 2.05) is 11.8 Å². The van der Waals surface area contributed by atoms with Gasteiger partial charge in [0.05, 0.1) is 0 Å². The van der Waals surface area contributed by atoms with Crippen LogP contribution in [0.1, 0.15) is 24.0 Å². The molecule has 2 nitrogen and oxygen atoms in total. The van der Waals surface area contributed by atoms with E-state index in [0.717, 1.165) is 18.3 Å². The predicted octanol–water partition coefficient (Wildman–Crippen LogP) is 2.82. The number of rotatable bonds is 4. The van der Waals surface area contributed by atoms with E-state index in [4.69, 9.17) is 5.73 Å². The minimum absolute atomic E-state index is 0.779. The zero-order chi connectivity index (χ0) is 13.0. The van der Waals surface area contributed by atoms with Crippen LogP contribution in [0.5, 0.6) is 0 Å². The monoisotopic (exact) mass is 264 g/mol. The van der Waals surface area contributed by atoms with Gasteiger partial charge in [-0.05, 0) is 63.0 Å². The molecule has 0 radical (unpaired) electrons. The van der Waals surface area contributed by atoms with Gasteiger partial charge in [0.1, 0.15) is 0 Å². The van der Waals surface area contributed by atoms with Crippen molar-refractivity contribution < 1.29 is 0 Å². The minimum atomic E-state index is 0.779. The van der Waals surface area contributed by atoms with Gasteiger partial charge in [0.25, 0.3) is 0 Å². The van der Waals surface area contributed by atoms with Crippen molar-refractivity contribution in [3.63, 3.8) is 0 Å². The maximum absolute atomic E-state index is 5.60. The third-order valence-electron chi connectivity index (χ3n) is 3.76. The molecular formula is C15H24N2S. The van der Waals surface area contributed by atoms with E-state index < -0.39 is 0 Å². The summed E-state index contributed by atoms with van der Waals surface area (Å²) in [7, 11) is 0. The zero-order valence-electron chi connectivity index (χ0n) is 11.5. The summed E-state index contributed by atoms with van der Waals surface area (Å²) >= 11 is 2.05. The predicted molar refractivity (Wildman–Crippen MR) is 80.3 cm³/mol. The molecule has 1 aliphatic rings. The first-order chi connectivity index (χ1) is 8.69. The van der Waals surface area contributed by atoms with Crippen LogP contribution in [0.25, 0.3) is 0 Å². The Morgan fingerprint density at radius 1 is 1.22 bits per heavy atom. The molecule has 2 N–H and O–H groups in total. The van der Waals surface area contributed by atoms with Gasteiger partial charge in [-0.2, -0.15) is 0 Å². The Balaban J connectivity index is 1.85. The molecule has 0 aromatic heterocycles. The highest BCUT2D eigenvalue weighted by Gasteiger charge is 2.19. The molecule has 0 saturated carbocycles. The fraction of sp³-hybridized carbons (Fsp3) is 0.600. The molecule has 1 aliphatic heterocycles. The lowest BCUT2D eigenvalue weighted by atomic mass is 10.1. The second-order valence-corrected chi connectivity index (χ2v) is 6.57. The largest absolute Gasteiger partial charge is 0.329 e. The lowest BCUT2D eigenvalue weighted by Gasteiger charge is -2.31. The highest BCUT2D eigenvalue weighted by molar-refractivity contribution is 8.00. The van der Waals surface area contributed by atoms with E-state index in [1.54, 1.807) is 0 Å². The summed E-state index contributed by atoms with van der Waals surface area (Å²) in [5.41, 5.74) is 8.39. The summed E-state index contributed by atoms with van der Waals surface area (Å²) in [4.78, 5) is 3.91. The van der Waals surface area contributed by atoms with Crippen LogP contribution in [0.4, 0.5) is 0 Å². The van der Waals surface area contributed by atoms with Crippen LogP contribution in [0.2, 0.25) is 0 Å². The van der Waals surface area contributed by atoms with Crippen LogP contribution in [-0.2, 0) is 0 Å². The van der Waals surface area contributed by atoms with Crippen molar-refractivity contribution in [1.29, 1.82) is 0 Å². The molecule has 0 amide bonds. The summed E-state index contributed by atoms with van der Waals surface area (Å²) in [6, 6.07) is 6.83. The summed E-state index contributed by atoms with van der Waals surface area (Å²) in [6.45, 7) is 8.63. The molecule has 18 heavy (non-hydrogen) atoms. The number of nitrogens with zero attached hydrogens (tertiary/aromatic N) is 1. The van der Waals surface area contributed by atoms with E-state index in [9.17, 15) is 0 Å². The van der Waals surface area contributed by atoms with Crippen molar-refractivity contribution in [2.45, 2.75) is 36.8 Å². The summed E-state index contributed by atoms with van der Waals surface area (Å²) < 4.78 is 0. The number of nitrogens with two attached hydrogens (primary N) is 1. The van der Waals surface area contributed by atoms with Gasteiger partial charge in [-0.25, -0.2) is 0 Å². The molecule has 1 saturated heterocycles. The number of hydrogen-bond donors (Lipinski definition) is 1. The van der Waals surface area contributed by atoms with Crippen LogP contribution in [-0.4, -0.2) is 36.3 Å².